The Morgan fingerprint density at radius 1 is 0.387 bits per heavy atom. The largest absolute Gasteiger partial charge is 0.310 e. The fraction of sp³-hybridized carbons (Fsp3) is 0.133. The van der Waals surface area contributed by atoms with Crippen LogP contribution >= 0.6 is 0 Å². The van der Waals surface area contributed by atoms with Crippen molar-refractivity contribution in [1.82, 2.24) is 4.57 Å². The first kappa shape index (κ1) is 39.0. The van der Waals surface area contributed by atoms with Gasteiger partial charge in [0, 0.05) is 39.0 Å². The highest BCUT2D eigenvalue weighted by atomic mass is 15.1. The second kappa shape index (κ2) is 15.4. The highest BCUT2D eigenvalue weighted by molar-refractivity contribution is 6.14. The smallest absolute Gasteiger partial charge is 0.0619 e. The molecule has 0 saturated heterocycles. The van der Waals surface area contributed by atoms with Crippen molar-refractivity contribution in [3.8, 4) is 39.1 Å². The zero-order valence-electron chi connectivity index (χ0n) is 36.5. The Morgan fingerprint density at radius 3 is 1.66 bits per heavy atom. The number of anilines is 3. The molecule has 0 aliphatic carbocycles. The van der Waals surface area contributed by atoms with Crippen LogP contribution in [0.5, 0.6) is 0 Å². The van der Waals surface area contributed by atoms with E-state index in [-0.39, 0.29) is 10.8 Å². The van der Waals surface area contributed by atoms with Crippen LogP contribution in [0.2, 0.25) is 0 Å². The monoisotopic (exact) mass is 800 g/mol. The molecular weight excluding hydrogens is 749 g/mol. The van der Waals surface area contributed by atoms with Gasteiger partial charge in [0.1, 0.15) is 0 Å². The van der Waals surface area contributed by atoms with Crippen molar-refractivity contribution >= 4 is 49.6 Å². The maximum Gasteiger partial charge on any atom is 0.0619 e. The van der Waals surface area contributed by atoms with Crippen molar-refractivity contribution < 1.29 is 0 Å². The van der Waals surface area contributed by atoms with E-state index >= 15 is 0 Å². The molecule has 0 atom stereocenters. The predicted octanol–water partition coefficient (Wildman–Crippen LogP) is 17.0. The molecule has 2 heteroatoms. The molecule has 9 aromatic carbocycles. The van der Waals surface area contributed by atoms with Crippen LogP contribution in [-0.4, -0.2) is 4.57 Å². The summed E-state index contributed by atoms with van der Waals surface area (Å²) < 4.78 is 2.43. The van der Waals surface area contributed by atoms with Crippen LogP contribution in [0, 0.1) is 0 Å². The second-order valence-corrected chi connectivity index (χ2v) is 18.6. The van der Waals surface area contributed by atoms with Gasteiger partial charge in [-0.15, -0.1) is 0 Å². The van der Waals surface area contributed by atoms with Crippen LogP contribution in [0.1, 0.15) is 52.7 Å². The van der Waals surface area contributed by atoms with E-state index in [1.807, 2.05) is 0 Å². The van der Waals surface area contributed by atoms with E-state index in [1.54, 1.807) is 0 Å². The van der Waals surface area contributed by atoms with Gasteiger partial charge in [0.15, 0.2) is 0 Å². The van der Waals surface area contributed by atoms with Crippen molar-refractivity contribution in [1.29, 1.82) is 0 Å². The zero-order chi connectivity index (χ0) is 42.6. The molecule has 2 nitrogen and oxygen atoms in total. The number of hydrogen-bond donors (Lipinski definition) is 0. The molecule has 0 fully saturated rings. The standard InChI is InChI=1S/C60H52N2/c1-59(2,3)44-37-43(38-45(40-44)60(4,5)6)49-31-18-21-41-22-19-33-53(57(41)49)51-29-13-15-35-55(51)61(46-24-9-7-10-25-46)48-28-17-23-42(39-48)50-32-20-34-54-52-30-14-16-36-56(52)62(58(50)54)47-26-11-8-12-27-47/h7-40H,1-6H3. The topological polar surface area (TPSA) is 8.17 Å². The van der Waals surface area contributed by atoms with Gasteiger partial charge in [-0.1, -0.05) is 199 Å². The van der Waals surface area contributed by atoms with Gasteiger partial charge in [0.2, 0.25) is 0 Å². The Kier molecular flexibility index (Phi) is 9.68. The van der Waals surface area contributed by atoms with Crippen LogP contribution in [0.3, 0.4) is 0 Å². The van der Waals surface area contributed by atoms with Gasteiger partial charge in [-0.2, -0.15) is 0 Å². The van der Waals surface area contributed by atoms with Crippen LogP contribution in [0.15, 0.2) is 206 Å². The molecule has 0 spiro atoms. The Morgan fingerprint density at radius 2 is 0.935 bits per heavy atom. The molecule has 0 amide bonds. The average molecular weight is 801 g/mol. The zero-order valence-corrected chi connectivity index (χ0v) is 36.5. The van der Waals surface area contributed by atoms with E-state index in [4.69, 9.17) is 0 Å². The molecule has 62 heavy (non-hydrogen) atoms. The van der Waals surface area contributed by atoms with Gasteiger partial charge in [-0.3, -0.25) is 0 Å². The highest BCUT2D eigenvalue weighted by Crippen LogP contribution is 2.47. The summed E-state index contributed by atoms with van der Waals surface area (Å²) in [5, 5.41) is 4.98. The molecule has 0 aliphatic rings. The number of fused-ring (bicyclic) bond motifs is 4. The summed E-state index contributed by atoms with van der Waals surface area (Å²) in [6, 6.07) is 75.9. The lowest BCUT2D eigenvalue weighted by Gasteiger charge is -2.29. The maximum absolute atomic E-state index is 2.44. The summed E-state index contributed by atoms with van der Waals surface area (Å²) >= 11 is 0. The molecule has 0 aliphatic heterocycles. The van der Waals surface area contributed by atoms with Gasteiger partial charge in [0.25, 0.3) is 0 Å². The Bertz CT molecular complexity index is 3210. The van der Waals surface area contributed by atoms with E-state index in [1.165, 1.54) is 71.5 Å². The molecule has 10 rings (SSSR count). The van der Waals surface area contributed by atoms with E-state index in [2.05, 4.69) is 257 Å². The average Bonchev–Trinajstić information content (AvgIpc) is 3.64. The first-order valence-corrected chi connectivity index (χ1v) is 21.9. The number of rotatable bonds is 7. The third-order valence-corrected chi connectivity index (χ3v) is 12.5. The lowest BCUT2D eigenvalue weighted by Crippen LogP contribution is -2.16. The van der Waals surface area contributed by atoms with Crippen LogP contribution in [-0.2, 0) is 10.8 Å². The minimum absolute atomic E-state index is 0.00435. The summed E-state index contributed by atoms with van der Waals surface area (Å²) in [4.78, 5) is 2.44. The summed E-state index contributed by atoms with van der Waals surface area (Å²) in [5.41, 5.74) is 16.8. The molecule has 0 radical (unpaired) electrons. The van der Waals surface area contributed by atoms with Crippen molar-refractivity contribution in [3.05, 3.63) is 217 Å². The quantitative estimate of drug-likeness (QED) is 0.156. The van der Waals surface area contributed by atoms with Gasteiger partial charge in [-0.05, 0) is 104 Å². The molecular formula is C60H52N2. The lowest BCUT2D eigenvalue weighted by atomic mass is 9.78. The number of nitrogens with zero attached hydrogens (tertiary/aromatic N) is 2. The number of para-hydroxylation sites is 5. The highest BCUT2D eigenvalue weighted by Gasteiger charge is 2.24. The van der Waals surface area contributed by atoms with E-state index in [0.29, 0.717) is 0 Å². The van der Waals surface area contributed by atoms with Crippen LogP contribution in [0.4, 0.5) is 17.1 Å². The Labute approximate surface area is 366 Å². The third-order valence-electron chi connectivity index (χ3n) is 12.5. The van der Waals surface area contributed by atoms with E-state index in [0.717, 1.165) is 28.3 Å². The maximum atomic E-state index is 2.44. The summed E-state index contributed by atoms with van der Waals surface area (Å²) in [6.07, 6.45) is 0. The van der Waals surface area contributed by atoms with Gasteiger partial charge < -0.3 is 9.47 Å². The number of hydrogen-bond acceptors (Lipinski definition) is 1. The van der Waals surface area contributed by atoms with Gasteiger partial charge >= 0.3 is 0 Å². The molecule has 0 saturated carbocycles. The molecule has 1 heterocycles. The summed E-state index contributed by atoms with van der Waals surface area (Å²) in [5.74, 6) is 0. The normalized spacial score (nSPS) is 12.0. The number of benzene rings is 9. The Balaban J connectivity index is 1.19. The van der Waals surface area contributed by atoms with Crippen molar-refractivity contribution in [3.63, 3.8) is 0 Å². The Hall–Kier alpha value is -7.16. The summed E-state index contributed by atoms with van der Waals surface area (Å²) in [7, 11) is 0. The summed E-state index contributed by atoms with van der Waals surface area (Å²) in [6.45, 7) is 13.9. The molecule has 0 N–H and O–H groups in total. The van der Waals surface area contributed by atoms with Crippen molar-refractivity contribution in [2.45, 2.75) is 52.4 Å². The number of aromatic nitrogens is 1. The molecule has 10 aromatic rings. The first-order valence-electron chi connectivity index (χ1n) is 21.9. The SMILES string of the molecule is CC(C)(C)c1cc(-c2cccc3cccc(-c4ccccc4N(c4ccccc4)c4cccc(-c5cccc6c7ccccc7n(-c7ccccc7)c56)c4)c23)cc(C(C)(C)C)c1. The molecule has 0 bridgehead atoms. The van der Waals surface area contributed by atoms with Crippen molar-refractivity contribution in [2.24, 2.45) is 0 Å². The minimum Gasteiger partial charge on any atom is -0.310 e. The fourth-order valence-electron chi connectivity index (χ4n) is 9.27. The molecule has 302 valence electrons. The molecule has 0 unspecified atom stereocenters. The predicted molar refractivity (Wildman–Crippen MR) is 267 cm³/mol. The van der Waals surface area contributed by atoms with E-state index < -0.39 is 0 Å². The molecule has 1 aromatic heterocycles. The van der Waals surface area contributed by atoms with Gasteiger partial charge in [-0.25, -0.2) is 0 Å². The van der Waals surface area contributed by atoms with Crippen LogP contribution in [0.25, 0.3) is 71.6 Å². The minimum atomic E-state index is 0.00435. The first-order chi connectivity index (χ1) is 30.0. The van der Waals surface area contributed by atoms with E-state index in [9.17, 15) is 0 Å². The second-order valence-electron chi connectivity index (χ2n) is 18.6. The van der Waals surface area contributed by atoms with Crippen molar-refractivity contribution in [2.75, 3.05) is 4.90 Å². The van der Waals surface area contributed by atoms with Gasteiger partial charge in [0.05, 0.1) is 16.7 Å². The lowest BCUT2D eigenvalue weighted by molar-refractivity contribution is 0.569. The third kappa shape index (κ3) is 6.96. The van der Waals surface area contributed by atoms with Crippen LogP contribution < -0.4 is 4.90 Å². The fourth-order valence-corrected chi connectivity index (χ4v) is 9.27.